The van der Waals surface area contributed by atoms with E-state index in [0.29, 0.717) is 0 Å². The van der Waals surface area contributed by atoms with Gasteiger partial charge in [0.15, 0.2) is 0 Å². The van der Waals surface area contributed by atoms with Crippen molar-refractivity contribution in [3.8, 4) is 6.07 Å². The van der Waals surface area contributed by atoms with Crippen molar-refractivity contribution in [3.63, 3.8) is 0 Å². The van der Waals surface area contributed by atoms with Crippen molar-refractivity contribution in [1.82, 2.24) is 10.3 Å². The number of pyridine rings is 1. The number of carbonyl (C=O) groups excluding carboxylic acids is 1. The summed E-state index contributed by atoms with van der Waals surface area (Å²) < 4.78 is 37.5. The van der Waals surface area contributed by atoms with E-state index in [1.54, 1.807) is 13.8 Å². The minimum absolute atomic E-state index is 0.194. The second-order valence-corrected chi connectivity index (χ2v) is 5.23. The molecule has 0 saturated heterocycles. The quantitative estimate of drug-likeness (QED) is 0.896. The van der Waals surface area contributed by atoms with E-state index < -0.39 is 23.2 Å². The summed E-state index contributed by atoms with van der Waals surface area (Å²) in [7, 11) is 0. The smallest absolute Gasteiger partial charge is 0.337 e. The number of urea groups is 1. The molecule has 0 fully saturated rings. The van der Waals surface area contributed by atoms with Gasteiger partial charge < -0.3 is 5.32 Å². The van der Waals surface area contributed by atoms with E-state index in [0.717, 1.165) is 18.3 Å². The molecular weight excluding hydrogens is 285 g/mol. The third kappa shape index (κ3) is 5.69. The Kier molecular flexibility index (Phi) is 5.13. The van der Waals surface area contributed by atoms with Crippen LogP contribution in [-0.4, -0.2) is 17.6 Å². The van der Waals surface area contributed by atoms with Crippen LogP contribution in [0.5, 0.6) is 0 Å². The van der Waals surface area contributed by atoms with E-state index in [9.17, 15) is 18.0 Å². The van der Waals surface area contributed by atoms with Gasteiger partial charge in [0.2, 0.25) is 0 Å². The van der Waals surface area contributed by atoms with Gasteiger partial charge >= 0.3 is 12.2 Å². The van der Waals surface area contributed by atoms with E-state index in [4.69, 9.17) is 5.26 Å². The zero-order valence-electron chi connectivity index (χ0n) is 11.6. The number of rotatable bonds is 4. The molecule has 2 amide bonds. The summed E-state index contributed by atoms with van der Waals surface area (Å²) in [5.41, 5.74) is -1.31. The van der Waals surface area contributed by atoms with Crippen LogP contribution in [0.1, 0.15) is 25.8 Å². The number of aromatic nitrogens is 1. The molecule has 0 bridgehead atoms. The summed E-state index contributed by atoms with van der Waals surface area (Å²) in [6.07, 6.45) is -3.28. The van der Waals surface area contributed by atoms with Gasteiger partial charge in [0.05, 0.1) is 11.6 Å². The van der Waals surface area contributed by atoms with Crippen LogP contribution in [0.4, 0.5) is 23.8 Å². The molecule has 21 heavy (non-hydrogen) atoms. The number of alkyl halides is 3. The van der Waals surface area contributed by atoms with Crippen LogP contribution in [0.25, 0.3) is 0 Å². The first-order valence-electron chi connectivity index (χ1n) is 6.09. The Labute approximate surface area is 120 Å². The Hall–Kier alpha value is -2.30. The highest BCUT2D eigenvalue weighted by Crippen LogP contribution is 2.29. The second-order valence-electron chi connectivity index (χ2n) is 5.23. The van der Waals surface area contributed by atoms with Gasteiger partial charge in [-0.3, -0.25) is 5.32 Å². The zero-order valence-corrected chi connectivity index (χ0v) is 11.6. The first-order valence-corrected chi connectivity index (χ1v) is 6.09. The number of halogens is 3. The Morgan fingerprint density at radius 2 is 2.10 bits per heavy atom. The Balaban J connectivity index is 2.62. The molecule has 0 atom stereocenters. The fourth-order valence-corrected chi connectivity index (χ4v) is 1.43. The van der Waals surface area contributed by atoms with Crippen molar-refractivity contribution < 1.29 is 18.0 Å². The molecule has 0 saturated carbocycles. The predicted octanol–water partition coefficient (Wildman–Crippen LogP) is 3.16. The molecule has 0 spiro atoms. The number of nitrogens with zero attached hydrogens (tertiary/aromatic N) is 2. The largest absolute Gasteiger partial charge is 0.416 e. The highest BCUT2D eigenvalue weighted by molar-refractivity contribution is 5.88. The molecule has 1 rings (SSSR count). The number of carbonyl (C=O) groups is 1. The van der Waals surface area contributed by atoms with Gasteiger partial charge in [0.1, 0.15) is 5.82 Å². The molecule has 1 aromatic rings. The molecule has 114 valence electrons. The predicted molar refractivity (Wildman–Crippen MR) is 70.3 cm³/mol. The minimum atomic E-state index is -4.50. The average molecular weight is 300 g/mol. The number of hydrogen-bond acceptors (Lipinski definition) is 3. The summed E-state index contributed by atoms with van der Waals surface area (Å²) in [4.78, 5) is 15.2. The number of nitriles is 1. The molecule has 8 heteroatoms. The fraction of sp³-hybridized carbons (Fsp3) is 0.462. The van der Waals surface area contributed by atoms with E-state index in [1.165, 1.54) is 0 Å². The molecule has 1 heterocycles. The van der Waals surface area contributed by atoms with E-state index in [1.807, 2.05) is 6.07 Å². The molecule has 5 nitrogen and oxygen atoms in total. The van der Waals surface area contributed by atoms with Gasteiger partial charge in [0, 0.05) is 19.2 Å². The van der Waals surface area contributed by atoms with Crippen LogP contribution < -0.4 is 10.6 Å². The molecule has 0 aromatic carbocycles. The SMILES string of the molecule is CC(C)(CC#N)CNC(=O)Nc1cc(C(F)(F)F)ccn1. The van der Waals surface area contributed by atoms with Crippen LogP contribution in [0.3, 0.4) is 0 Å². The van der Waals surface area contributed by atoms with Crippen LogP contribution in [-0.2, 0) is 6.18 Å². The van der Waals surface area contributed by atoms with Crippen molar-refractivity contribution in [1.29, 1.82) is 5.26 Å². The first-order chi connectivity index (χ1) is 9.64. The molecule has 0 aliphatic rings. The summed E-state index contributed by atoms with van der Waals surface area (Å²) >= 11 is 0. The minimum Gasteiger partial charge on any atom is -0.337 e. The second kappa shape index (κ2) is 6.43. The number of hydrogen-bond donors (Lipinski definition) is 2. The maximum atomic E-state index is 12.5. The lowest BCUT2D eigenvalue weighted by molar-refractivity contribution is -0.137. The third-order valence-corrected chi connectivity index (χ3v) is 2.61. The van der Waals surface area contributed by atoms with Gasteiger partial charge in [0.25, 0.3) is 0 Å². The third-order valence-electron chi connectivity index (χ3n) is 2.61. The van der Waals surface area contributed by atoms with E-state index in [-0.39, 0.29) is 18.8 Å². The molecular formula is C13H15F3N4O. The molecule has 2 N–H and O–H groups in total. The number of nitrogens with one attached hydrogen (secondary N) is 2. The molecule has 1 aromatic heterocycles. The van der Waals surface area contributed by atoms with Crippen molar-refractivity contribution in [2.45, 2.75) is 26.4 Å². The standard InChI is InChI=1S/C13H15F3N4O/c1-12(2,4-5-17)8-19-11(21)20-10-7-9(3-6-18-10)13(14,15)16/h3,6-7H,4,8H2,1-2H3,(H2,18,19,20,21). The topological polar surface area (TPSA) is 77.8 Å². The van der Waals surface area contributed by atoms with Crippen LogP contribution in [0.2, 0.25) is 0 Å². The summed E-state index contributed by atoms with van der Waals surface area (Å²) in [5.74, 6) is -0.194. The monoisotopic (exact) mass is 300 g/mol. The fourth-order valence-electron chi connectivity index (χ4n) is 1.43. The Bertz CT molecular complexity index is 549. The van der Waals surface area contributed by atoms with Gasteiger partial charge in [-0.1, -0.05) is 13.8 Å². The summed E-state index contributed by atoms with van der Waals surface area (Å²) in [6.45, 7) is 3.80. The highest BCUT2D eigenvalue weighted by atomic mass is 19.4. The number of amides is 2. The molecule has 0 aliphatic heterocycles. The van der Waals surface area contributed by atoms with Crippen molar-refractivity contribution in [3.05, 3.63) is 23.9 Å². The van der Waals surface area contributed by atoms with Gasteiger partial charge in [-0.05, 0) is 17.5 Å². The van der Waals surface area contributed by atoms with Gasteiger partial charge in [-0.15, -0.1) is 0 Å². The van der Waals surface area contributed by atoms with Crippen molar-refractivity contribution in [2.75, 3.05) is 11.9 Å². The van der Waals surface area contributed by atoms with Gasteiger partial charge in [-0.25, -0.2) is 9.78 Å². The first kappa shape index (κ1) is 16.8. The summed E-state index contributed by atoms with van der Waals surface area (Å²) in [6, 6.07) is 2.89. The number of anilines is 1. The zero-order chi connectivity index (χ0) is 16.1. The lowest BCUT2D eigenvalue weighted by Crippen LogP contribution is -2.36. The summed E-state index contributed by atoms with van der Waals surface area (Å²) in [5, 5.41) is 13.3. The Morgan fingerprint density at radius 3 is 2.67 bits per heavy atom. The van der Waals surface area contributed by atoms with Crippen LogP contribution in [0.15, 0.2) is 18.3 Å². The van der Waals surface area contributed by atoms with Crippen molar-refractivity contribution in [2.24, 2.45) is 5.41 Å². The average Bonchev–Trinajstić information content (AvgIpc) is 2.36. The van der Waals surface area contributed by atoms with Crippen LogP contribution >= 0.6 is 0 Å². The van der Waals surface area contributed by atoms with E-state index >= 15 is 0 Å². The van der Waals surface area contributed by atoms with Crippen LogP contribution in [0, 0.1) is 16.7 Å². The normalized spacial score (nSPS) is 11.6. The highest BCUT2D eigenvalue weighted by Gasteiger charge is 2.30. The van der Waals surface area contributed by atoms with Gasteiger partial charge in [-0.2, -0.15) is 18.4 Å². The van der Waals surface area contributed by atoms with E-state index in [2.05, 4.69) is 15.6 Å². The molecule has 0 radical (unpaired) electrons. The van der Waals surface area contributed by atoms with Crippen molar-refractivity contribution >= 4 is 11.8 Å². The Morgan fingerprint density at radius 1 is 1.43 bits per heavy atom. The maximum Gasteiger partial charge on any atom is 0.416 e. The molecule has 0 aliphatic carbocycles. The maximum absolute atomic E-state index is 12.5. The lowest BCUT2D eigenvalue weighted by atomic mass is 9.90. The molecule has 0 unspecified atom stereocenters. The lowest BCUT2D eigenvalue weighted by Gasteiger charge is -2.21.